The van der Waals surface area contributed by atoms with Gasteiger partial charge in [-0.1, -0.05) is 0 Å². The van der Waals surface area contributed by atoms with E-state index in [2.05, 4.69) is 33.9 Å². The SMILES string of the molecule is Ic1cnn(C2CCOC2)c1. The monoisotopic (exact) mass is 264 g/mol. The predicted molar refractivity (Wildman–Crippen MR) is 49.4 cm³/mol. The summed E-state index contributed by atoms with van der Waals surface area (Å²) < 4.78 is 8.44. The minimum Gasteiger partial charge on any atom is -0.379 e. The van der Waals surface area contributed by atoms with Crippen molar-refractivity contribution in [2.75, 3.05) is 13.2 Å². The highest BCUT2D eigenvalue weighted by molar-refractivity contribution is 14.1. The third kappa shape index (κ3) is 1.56. The van der Waals surface area contributed by atoms with Crippen LogP contribution in [0, 0.1) is 3.57 Å². The summed E-state index contributed by atoms with van der Waals surface area (Å²) in [7, 11) is 0. The number of aromatic nitrogens is 2. The summed E-state index contributed by atoms with van der Waals surface area (Å²) in [4.78, 5) is 0. The summed E-state index contributed by atoms with van der Waals surface area (Å²) >= 11 is 2.26. The first-order valence-corrected chi connectivity index (χ1v) is 4.71. The van der Waals surface area contributed by atoms with E-state index in [1.165, 1.54) is 3.57 Å². The molecule has 2 heterocycles. The van der Waals surface area contributed by atoms with Crippen molar-refractivity contribution < 1.29 is 4.74 Å². The summed E-state index contributed by atoms with van der Waals surface area (Å²) in [5.74, 6) is 0. The maximum absolute atomic E-state index is 5.26. The Labute approximate surface area is 78.9 Å². The van der Waals surface area contributed by atoms with E-state index in [-0.39, 0.29) is 0 Å². The zero-order valence-corrected chi connectivity index (χ0v) is 8.19. The quantitative estimate of drug-likeness (QED) is 0.718. The highest BCUT2D eigenvalue weighted by atomic mass is 127. The minimum absolute atomic E-state index is 0.471. The maximum Gasteiger partial charge on any atom is 0.0774 e. The van der Waals surface area contributed by atoms with Crippen LogP contribution >= 0.6 is 22.6 Å². The molecule has 0 aromatic carbocycles. The molecule has 3 nitrogen and oxygen atoms in total. The standard InChI is InChI=1S/C7H9IN2O/c8-6-3-9-10(4-6)7-1-2-11-5-7/h3-4,7H,1-2,5H2. The summed E-state index contributed by atoms with van der Waals surface area (Å²) in [6, 6.07) is 0.471. The van der Waals surface area contributed by atoms with E-state index < -0.39 is 0 Å². The molecule has 1 aromatic heterocycles. The van der Waals surface area contributed by atoms with Gasteiger partial charge in [0, 0.05) is 12.8 Å². The first-order chi connectivity index (χ1) is 5.36. The van der Waals surface area contributed by atoms with Crippen LogP contribution in [0.3, 0.4) is 0 Å². The Kier molecular flexibility index (Phi) is 2.13. The zero-order valence-electron chi connectivity index (χ0n) is 6.03. The summed E-state index contributed by atoms with van der Waals surface area (Å²) in [5.41, 5.74) is 0. The third-order valence-corrected chi connectivity index (χ3v) is 2.41. The molecule has 4 heteroatoms. The summed E-state index contributed by atoms with van der Waals surface area (Å²) in [6.45, 7) is 1.69. The van der Waals surface area contributed by atoms with Gasteiger partial charge in [0.15, 0.2) is 0 Å². The van der Waals surface area contributed by atoms with Crippen LogP contribution in [0.15, 0.2) is 12.4 Å². The fraction of sp³-hybridized carbons (Fsp3) is 0.571. The van der Waals surface area contributed by atoms with Crippen molar-refractivity contribution in [3.63, 3.8) is 0 Å². The first kappa shape index (κ1) is 7.54. The van der Waals surface area contributed by atoms with Crippen LogP contribution in [0.5, 0.6) is 0 Å². The molecule has 1 saturated heterocycles. The lowest BCUT2D eigenvalue weighted by Crippen LogP contribution is -2.08. The Morgan fingerprint density at radius 1 is 1.73 bits per heavy atom. The van der Waals surface area contributed by atoms with Gasteiger partial charge in [0.1, 0.15) is 0 Å². The van der Waals surface area contributed by atoms with E-state index in [4.69, 9.17) is 4.74 Å². The van der Waals surface area contributed by atoms with E-state index in [1.54, 1.807) is 0 Å². The fourth-order valence-electron chi connectivity index (χ4n) is 1.25. The Morgan fingerprint density at radius 3 is 3.18 bits per heavy atom. The molecule has 1 atom stereocenters. The van der Waals surface area contributed by atoms with E-state index in [0.717, 1.165) is 19.6 Å². The van der Waals surface area contributed by atoms with Crippen LogP contribution in [0.25, 0.3) is 0 Å². The van der Waals surface area contributed by atoms with Crippen molar-refractivity contribution in [3.8, 4) is 0 Å². The largest absolute Gasteiger partial charge is 0.379 e. The van der Waals surface area contributed by atoms with Crippen LogP contribution in [0.4, 0.5) is 0 Å². The molecule has 0 amide bonds. The van der Waals surface area contributed by atoms with Crippen LogP contribution < -0.4 is 0 Å². The number of halogens is 1. The van der Waals surface area contributed by atoms with Crippen LogP contribution in [0.2, 0.25) is 0 Å². The van der Waals surface area contributed by atoms with Gasteiger partial charge in [0.05, 0.1) is 22.4 Å². The van der Waals surface area contributed by atoms with Crippen molar-refractivity contribution in [2.24, 2.45) is 0 Å². The van der Waals surface area contributed by atoms with Crippen molar-refractivity contribution in [2.45, 2.75) is 12.5 Å². The molecule has 1 aliphatic rings. The predicted octanol–water partition coefficient (Wildman–Crippen LogP) is 1.45. The second-order valence-corrected chi connectivity index (χ2v) is 3.90. The van der Waals surface area contributed by atoms with Gasteiger partial charge in [-0.2, -0.15) is 5.10 Å². The van der Waals surface area contributed by atoms with Gasteiger partial charge in [-0.15, -0.1) is 0 Å². The topological polar surface area (TPSA) is 27.1 Å². The van der Waals surface area contributed by atoms with Crippen LogP contribution in [-0.4, -0.2) is 23.0 Å². The Balaban J connectivity index is 2.15. The molecule has 1 fully saturated rings. The lowest BCUT2D eigenvalue weighted by molar-refractivity contribution is 0.184. The average Bonchev–Trinajstić information content (AvgIpc) is 2.55. The number of nitrogens with zero attached hydrogens (tertiary/aromatic N) is 2. The zero-order chi connectivity index (χ0) is 7.68. The molecule has 2 rings (SSSR count). The molecule has 1 aliphatic heterocycles. The van der Waals surface area contributed by atoms with Gasteiger partial charge in [0.25, 0.3) is 0 Å². The molecular formula is C7H9IN2O. The maximum atomic E-state index is 5.26. The van der Waals surface area contributed by atoms with E-state index in [1.807, 2.05) is 10.9 Å². The highest BCUT2D eigenvalue weighted by Crippen LogP contribution is 2.18. The Bertz CT molecular complexity index is 242. The van der Waals surface area contributed by atoms with Gasteiger partial charge in [0.2, 0.25) is 0 Å². The number of hydrogen-bond acceptors (Lipinski definition) is 2. The number of ether oxygens (including phenoxy) is 1. The van der Waals surface area contributed by atoms with Crippen LogP contribution in [0.1, 0.15) is 12.5 Å². The van der Waals surface area contributed by atoms with E-state index in [9.17, 15) is 0 Å². The minimum atomic E-state index is 0.471. The van der Waals surface area contributed by atoms with Crippen molar-refractivity contribution in [3.05, 3.63) is 16.0 Å². The molecule has 1 unspecified atom stereocenters. The molecule has 0 spiro atoms. The van der Waals surface area contributed by atoms with Gasteiger partial charge >= 0.3 is 0 Å². The van der Waals surface area contributed by atoms with Crippen molar-refractivity contribution in [1.82, 2.24) is 9.78 Å². The normalized spacial score (nSPS) is 24.3. The van der Waals surface area contributed by atoms with Gasteiger partial charge < -0.3 is 4.74 Å². The third-order valence-electron chi connectivity index (χ3n) is 1.85. The second-order valence-electron chi connectivity index (χ2n) is 2.66. The smallest absolute Gasteiger partial charge is 0.0774 e. The van der Waals surface area contributed by atoms with Gasteiger partial charge in [-0.3, -0.25) is 4.68 Å². The molecule has 0 aliphatic carbocycles. The van der Waals surface area contributed by atoms with Crippen molar-refractivity contribution in [1.29, 1.82) is 0 Å². The molecule has 60 valence electrons. The molecule has 0 saturated carbocycles. The van der Waals surface area contributed by atoms with E-state index in [0.29, 0.717) is 6.04 Å². The van der Waals surface area contributed by atoms with Gasteiger partial charge in [-0.25, -0.2) is 0 Å². The first-order valence-electron chi connectivity index (χ1n) is 3.63. The van der Waals surface area contributed by atoms with Gasteiger partial charge in [-0.05, 0) is 29.0 Å². The summed E-state index contributed by atoms with van der Waals surface area (Å²) in [5, 5.41) is 4.23. The lowest BCUT2D eigenvalue weighted by Gasteiger charge is -2.06. The fourth-order valence-corrected chi connectivity index (χ4v) is 1.66. The summed E-state index contributed by atoms with van der Waals surface area (Å²) in [6.07, 6.45) is 5.02. The number of rotatable bonds is 1. The Morgan fingerprint density at radius 2 is 2.64 bits per heavy atom. The highest BCUT2D eigenvalue weighted by Gasteiger charge is 2.17. The molecule has 11 heavy (non-hydrogen) atoms. The second kappa shape index (κ2) is 3.10. The van der Waals surface area contributed by atoms with Crippen LogP contribution in [-0.2, 0) is 4.74 Å². The lowest BCUT2D eigenvalue weighted by atomic mass is 10.3. The van der Waals surface area contributed by atoms with E-state index >= 15 is 0 Å². The average molecular weight is 264 g/mol. The number of hydrogen-bond donors (Lipinski definition) is 0. The molecular weight excluding hydrogens is 255 g/mol. The Hall–Kier alpha value is -0.100. The van der Waals surface area contributed by atoms with Crippen molar-refractivity contribution >= 4 is 22.6 Å². The molecule has 1 aromatic rings. The molecule has 0 radical (unpaired) electrons. The molecule has 0 N–H and O–H groups in total. The molecule has 0 bridgehead atoms.